The molecule has 0 saturated carbocycles. The van der Waals surface area contributed by atoms with Gasteiger partial charge >= 0.3 is 0 Å². The van der Waals surface area contributed by atoms with E-state index >= 15 is 0 Å². The molecule has 1 fully saturated rings. The predicted molar refractivity (Wildman–Crippen MR) is 75.4 cm³/mol. The summed E-state index contributed by atoms with van der Waals surface area (Å²) < 4.78 is 0. The molecule has 0 radical (unpaired) electrons. The number of hydrogen-bond donors (Lipinski definition) is 1. The van der Waals surface area contributed by atoms with Gasteiger partial charge in [0.15, 0.2) is 0 Å². The minimum absolute atomic E-state index is 0.766. The maximum Gasteiger partial charge on any atom is 0.0543 e. The van der Waals surface area contributed by atoms with Crippen LogP contribution in [0.1, 0.15) is 37.8 Å². The first-order valence-electron chi connectivity index (χ1n) is 7.16. The summed E-state index contributed by atoms with van der Waals surface area (Å²) in [6.45, 7) is 3.34. The molecule has 1 aromatic rings. The normalized spacial score (nSPS) is 20.2. The lowest BCUT2D eigenvalue weighted by molar-refractivity contribution is 0.295. The van der Waals surface area contributed by atoms with E-state index in [4.69, 9.17) is 0 Å². The van der Waals surface area contributed by atoms with Gasteiger partial charge in [-0.1, -0.05) is 12.5 Å². The van der Waals surface area contributed by atoms with Crippen molar-refractivity contribution in [3.63, 3.8) is 0 Å². The summed E-state index contributed by atoms with van der Waals surface area (Å²) >= 11 is 0. The Morgan fingerprint density at radius 3 is 3.06 bits per heavy atom. The molecule has 1 unspecified atom stereocenters. The van der Waals surface area contributed by atoms with Gasteiger partial charge in [0, 0.05) is 18.8 Å². The third-order valence-corrected chi connectivity index (χ3v) is 3.66. The van der Waals surface area contributed by atoms with E-state index in [-0.39, 0.29) is 0 Å². The van der Waals surface area contributed by atoms with Crippen LogP contribution in [0, 0.1) is 0 Å². The third kappa shape index (κ3) is 4.75. The van der Waals surface area contributed by atoms with Crippen LogP contribution in [-0.2, 0) is 6.54 Å². The lowest BCUT2D eigenvalue weighted by Crippen LogP contribution is -2.34. The highest BCUT2D eigenvalue weighted by molar-refractivity contribution is 5.02. The van der Waals surface area contributed by atoms with Gasteiger partial charge in [-0.3, -0.25) is 4.98 Å². The van der Waals surface area contributed by atoms with Gasteiger partial charge in [0.2, 0.25) is 0 Å². The molecule has 2 rings (SSSR count). The van der Waals surface area contributed by atoms with Crippen molar-refractivity contribution in [1.29, 1.82) is 0 Å². The van der Waals surface area contributed by atoms with Crippen molar-refractivity contribution in [2.45, 2.75) is 44.7 Å². The van der Waals surface area contributed by atoms with Crippen LogP contribution in [0.15, 0.2) is 24.4 Å². The van der Waals surface area contributed by atoms with Crippen LogP contribution in [0.3, 0.4) is 0 Å². The molecule has 1 aliphatic heterocycles. The minimum atomic E-state index is 0.766. The van der Waals surface area contributed by atoms with Crippen LogP contribution in [0.25, 0.3) is 0 Å². The zero-order valence-corrected chi connectivity index (χ0v) is 11.4. The second kappa shape index (κ2) is 7.49. The first-order valence-corrected chi connectivity index (χ1v) is 7.16. The van der Waals surface area contributed by atoms with Gasteiger partial charge in [0.05, 0.1) is 5.69 Å². The average Bonchev–Trinajstić information content (AvgIpc) is 2.41. The monoisotopic (exact) mass is 247 g/mol. The van der Waals surface area contributed by atoms with Crippen LogP contribution in [0.2, 0.25) is 0 Å². The highest BCUT2D eigenvalue weighted by Crippen LogP contribution is 2.12. The number of nitrogens with zero attached hydrogens (tertiary/aromatic N) is 2. The standard InChI is InChI=1S/C15H25N3/c1-18(13-15-8-3-5-11-17-15)12-6-9-14-7-2-4-10-16-14/h3,5,8,11,14,16H,2,4,6-7,9-10,12-13H2,1H3. The summed E-state index contributed by atoms with van der Waals surface area (Å²) in [6, 6.07) is 6.89. The number of hydrogen-bond acceptors (Lipinski definition) is 3. The Morgan fingerprint density at radius 2 is 2.33 bits per heavy atom. The zero-order valence-electron chi connectivity index (χ0n) is 11.4. The molecule has 3 nitrogen and oxygen atoms in total. The second-order valence-electron chi connectivity index (χ2n) is 5.35. The van der Waals surface area contributed by atoms with Crippen LogP contribution < -0.4 is 5.32 Å². The van der Waals surface area contributed by atoms with Gasteiger partial charge < -0.3 is 10.2 Å². The predicted octanol–water partition coefficient (Wildman–Crippen LogP) is 2.44. The molecule has 18 heavy (non-hydrogen) atoms. The largest absolute Gasteiger partial charge is 0.314 e. The molecule has 1 N–H and O–H groups in total. The van der Waals surface area contributed by atoms with Gasteiger partial charge in [0.25, 0.3) is 0 Å². The average molecular weight is 247 g/mol. The van der Waals surface area contributed by atoms with Crippen molar-refractivity contribution in [2.75, 3.05) is 20.1 Å². The fourth-order valence-electron chi connectivity index (χ4n) is 2.63. The molecule has 0 aliphatic carbocycles. The van der Waals surface area contributed by atoms with E-state index in [0.29, 0.717) is 0 Å². The van der Waals surface area contributed by atoms with Gasteiger partial charge in [0.1, 0.15) is 0 Å². The quantitative estimate of drug-likeness (QED) is 0.837. The molecular weight excluding hydrogens is 222 g/mol. The van der Waals surface area contributed by atoms with E-state index in [2.05, 4.69) is 34.4 Å². The number of aromatic nitrogens is 1. The maximum absolute atomic E-state index is 4.36. The van der Waals surface area contributed by atoms with Crippen molar-refractivity contribution in [3.05, 3.63) is 30.1 Å². The van der Waals surface area contributed by atoms with E-state index in [9.17, 15) is 0 Å². The fourth-order valence-corrected chi connectivity index (χ4v) is 2.63. The van der Waals surface area contributed by atoms with Crippen molar-refractivity contribution in [3.8, 4) is 0 Å². The summed E-state index contributed by atoms with van der Waals surface area (Å²) in [6.07, 6.45) is 8.59. The Morgan fingerprint density at radius 1 is 1.39 bits per heavy atom. The van der Waals surface area contributed by atoms with Crippen molar-refractivity contribution in [1.82, 2.24) is 15.2 Å². The van der Waals surface area contributed by atoms with Crippen LogP contribution >= 0.6 is 0 Å². The fraction of sp³-hybridized carbons (Fsp3) is 0.667. The van der Waals surface area contributed by atoms with Crippen molar-refractivity contribution in [2.24, 2.45) is 0 Å². The zero-order chi connectivity index (χ0) is 12.6. The SMILES string of the molecule is CN(CCCC1CCCCN1)Cc1ccccn1. The summed E-state index contributed by atoms with van der Waals surface area (Å²) in [7, 11) is 2.18. The molecule has 3 heteroatoms. The Kier molecular flexibility index (Phi) is 5.62. The smallest absolute Gasteiger partial charge is 0.0543 e. The molecule has 100 valence electrons. The first kappa shape index (κ1) is 13.5. The van der Waals surface area contributed by atoms with Gasteiger partial charge in [-0.25, -0.2) is 0 Å². The van der Waals surface area contributed by atoms with Crippen LogP contribution in [-0.4, -0.2) is 36.1 Å². The first-order chi connectivity index (χ1) is 8.84. The summed E-state index contributed by atoms with van der Waals surface area (Å²) in [5, 5.41) is 3.61. The Balaban J connectivity index is 1.61. The molecule has 1 atom stereocenters. The number of pyridine rings is 1. The van der Waals surface area contributed by atoms with E-state index < -0.39 is 0 Å². The molecule has 0 amide bonds. The lowest BCUT2D eigenvalue weighted by atomic mass is 10.0. The van der Waals surface area contributed by atoms with Gasteiger partial charge in [-0.05, 0) is 58.0 Å². The van der Waals surface area contributed by atoms with Crippen LogP contribution in [0.5, 0.6) is 0 Å². The second-order valence-corrected chi connectivity index (χ2v) is 5.35. The highest BCUT2D eigenvalue weighted by Gasteiger charge is 2.12. The van der Waals surface area contributed by atoms with Gasteiger partial charge in [-0.2, -0.15) is 0 Å². The number of nitrogens with one attached hydrogen (secondary N) is 1. The van der Waals surface area contributed by atoms with Crippen molar-refractivity contribution >= 4 is 0 Å². The molecule has 0 spiro atoms. The minimum Gasteiger partial charge on any atom is -0.314 e. The summed E-state index contributed by atoms with van der Waals surface area (Å²) in [5.41, 5.74) is 1.16. The highest BCUT2D eigenvalue weighted by atomic mass is 15.1. The number of piperidine rings is 1. The van der Waals surface area contributed by atoms with Crippen LogP contribution in [0.4, 0.5) is 0 Å². The maximum atomic E-state index is 4.36. The van der Waals surface area contributed by atoms with E-state index in [1.807, 2.05) is 12.3 Å². The van der Waals surface area contributed by atoms with Crippen molar-refractivity contribution < 1.29 is 0 Å². The molecular formula is C15H25N3. The van der Waals surface area contributed by atoms with E-state index in [0.717, 1.165) is 24.8 Å². The van der Waals surface area contributed by atoms with E-state index in [1.165, 1.54) is 38.6 Å². The molecule has 0 aromatic carbocycles. The summed E-state index contributed by atoms with van der Waals surface area (Å²) in [4.78, 5) is 6.73. The topological polar surface area (TPSA) is 28.2 Å². The number of rotatable bonds is 6. The van der Waals surface area contributed by atoms with E-state index in [1.54, 1.807) is 0 Å². The Labute approximate surface area is 111 Å². The molecule has 1 aliphatic rings. The molecule has 1 saturated heterocycles. The molecule has 2 heterocycles. The van der Waals surface area contributed by atoms with Gasteiger partial charge in [-0.15, -0.1) is 0 Å². The molecule has 1 aromatic heterocycles. The lowest BCUT2D eigenvalue weighted by Gasteiger charge is -2.24. The Bertz CT molecular complexity index is 320. The third-order valence-electron chi connectivity index (χ3n) is 3.66. The Hall–Kier alpha value is -0.930. The molecule has 0 bridgehead atoms. The summed E-state index contributed by atoms with van der Waals surface area (Å²) in [5.74, 6) is 0.